The van der Waals surface area contributed by atoms with Gasteiger partial charge in [-0.05, 0) is 18.2 Å². The molecule has 0 bridgehead atoms. The summed E-state index contributed by atoms with van der Waals surface area (Å²) in [5.41, 5.74) is 1.66. The van der Waals surface area contributed by atoms with Crippen LogP contribution in [0.1, 0.15) is 0 Å². The summed E-state index contributed by atoms with van der Waals surface area (Å²) >= 11 is 4.15. The van der Waals surface area contributed by atoms with Crippen molar-refractivity contribution < 1.29 is 4.42 Å². The van der Waals surface area contributed by atoms with E-state index in [4.69, 9.17) is 4.42 Å². The zero-order valence-electron chi connectivity index (χ0n) is 5.11. The fraction of sp³-hybridized carbons (Fsp3) is 0. The number of hydrogen-bond acceptors (Lipinski definition) is 3. The van der Waals surface area contributed by atoms with Gasteiger partial charge in [0.2, 0.25) is 0 Å². The third-order valence-corrected chi connectivity index (χ3v) is 1.59. The van der Waals surface area contributed by atoms with E-state index in [0.717, 1.165) is 16.0 Å². The zero-order valence-corrected chi connectivity index (χ0v) is 6.01. The van der Waals surface area contributed by atoms with Gasteiger partial charge in [0.15, 0.2) is 12.0 Å². The number of fused-ring (bicyclic) bond motifs is 1. The van der Waals surface area contributed by atoms with Crippen LogP contribution in [-0.4, -0.2) is 4.98 Å². The third kappa shape index (κ3) is 0.789. The van der Waals surface area contributed by atoms with Gasteiger partial charge in [-0.3, -0.25) is 0 Å². The van der Waals surface area contributed by atoms with Crippen molar-refractivity contribution in [2.24, 2.45) is 0 Å². The maximum Gasteiger partial charge on any atom is 0.181 e. The summed E-state index contributed by atoms with van der Waals surface area (Å²) in [6.07, 6.45) is 1.43. The Balaban J connectivity index is 2.86. The maximum absolute atomic E-state index is 5.03. The molecule has 2 aromatic rings. The summed E-state index contributed by atoms with van der Waals surface area (Å²) in [4.78, 5) is 4.87. The summed E-state index contributed by atoms with van der Waals surface area (Å²) in [6.45, 7) is 0. The highest BCUT2D eigenvalue weighted by Crippen LogP contribution is 2.15. The van der Waals surface area contributed by atoms with Crippen molar-refractivity contribution in [3.8, 4) is 0 Å². The highest BCUT2D eigenvalue weighted by Gasteiger charge is 1.95. The Morgan fingerprint density at radius 2 is 2.30 bits per heavy atom. The van der Waals surface area contributed by atoms with Gasteiger partial charge in [-0.2, -0.15) is 0 Å². The average molecular weight is 151 g/mol. The predicted octanol–water partition coefficient (Wildman–Crippen LogP) is 2.12. The largest absolute Gasteiger partial charge is 0.443 e. The second-order valence-corrected chi connectivity index (χ2v) is 2.52. The van der Waals surface area contributed by atoms with Gasteiger partial charge in [-0.15, -0.1) is 12.6 Å². The summed E-state index contributed by atoms with van der Waals surface area (Å²) in [5, 5.41) is 0. The van der Waals surface area contributed by atoms with Crippen LogP contribution in [0, 0.1) is 0 Å². The minimum atomic E-state index is 0.804. The van der Waals surface area contributed by atoms with Crippen LogP contribution in [0.3, 0.4) is 0 Å². The van der Waals surface area contributed by atoms with Crippen molar-refractivity contribution in [3.63, 3.8) is 0 Å². The molecule has 2 rings (SSSR count). The molecule has 2 nitrogen and oxygen atoms in total. The Labute approximate surface area is 63.3 Å². The van der Waals surface area contributed by atoms with Gasteiger partial charge in [0.05, 0.1) is 0 Å². The van der Waals surface area contributed by atoms with E-state index < -0.39 is 0 Å². The molecule has 1 aromatic heterocycles. The number of aromatic nitrogens is 1. The van der Waals surface area contributed by atoms with Gasteiger partial charge in [0.25, 0.3) is 0 Å². The van der Waals surface area contributed by atoms with E-state index in [1.165, 1.54) is 6.39 Å². The standard InChI is InChI=1S/C7H5NOS/c10-5-1-2-7-6(3-5)8-4-9-7/h1-4,10H. The highest BCUT2D eigenvalue weighted by atomic mass is 32.1. The van der Waals surface area contributed by atoms with Crippen LogP contribution >= 0.6 is 12.6 Å². The summed E-state index contributed by atoms with van der Waals surface area (Å²) in [6, 6.07) is 5.59. The molecule has 0 atom stereocenters. The third-order valence-electron chi connectivity index (χ3n) is 1.31. The topological polar surface area (TPSA) is 26.0 Å². The number of rotatable bonds is 0. The molecule has 0 unspecified atom stereocenters. The lowest BCUT2D eigenvalue weighted by Gasteiger charge is -1.86. The van der Waals surface area contributed by atoms with Crippen LogP contribution in [0.25, 0.3) is 11.1 Å². The van der Waals surface area contributed by atoms with E-state index in [2.05, 4.69) is 17.6 Å². The number of hydrogen-bond donors (Lipinski definition) is 1. The second-order valence-electron chi connectivity index (χ2n) is 2.00. The first-order valence-electron chi connectivity index (χ1n) is 2.88. The summed E-state index contributed by atoms with van der Waals surface area (Å²) < 4.78 is 5.03. The quantitative estimate of drug-likeness (QED) is 0.583. The van der Waals surface area contributed by atoms with E-state index in [1.54, 1.807) is 0 Å². The minimum Gasteiger partial charge on any atom is -0.443 e. The Morgan fingerprint density at radius 1 is 1.40 bits per heavy atom. The molecule has 0 spiro atoms. The van der Waals surface area contributed by atoms with Gasteiger partial charge >= 0.3 is 0 Å². The van der Waals surface area contributed by atoms with E-state index >= 15 is 0 Å². The first-order valence-corrected chi connectivity index (χ1v) is 3.33. The van der Waals surface area contributed by atoms with Crippen molar-refractivity contribution in [3.05, 3.63) is 24.6 Å². The normalized spacial score (nSPS) is 10.5. The van der Waals surface area contributed by atoms with Crippen LogP contribution in [0.2, 0.25) is 0 Å². The molecular formula is C7H5NOS. The van der Waals surface area contributed by atoms with Crippen LogP contribution in [0.15, 0.2) is 33.9 Å². The molecular weight excluding hydrogens is 146 g/mol. The number of thiol groups is 1. The lowest BCUT2D eigenvalue weighted by molar-refractivity contribution is 0.602. The Kier molecular flexibility index (Phi) is 1.17. The summed E-state index contributed by atoms with van der Waals surface area (Å²) in [7, 11) is 0. The molecule has 0 fully saturated rings. The zero-order chi connectivity index (χ0) is 6.97. The van der Waals surface area contributed by atoms with Crippen molar-refractivity contribution in [1.29, 1.82) is 0 Å². The molecule has 0 amide bonds. The van der Waals surface area contributed by atoms with E-state index in [1.807, 2.05) is 18.2 Å². The number of benzene rings is 1. The monoisotopic (exact) mass is 151 g/mol. The van der Waals surface area contributed by atoms with Crippen molar-refractivity contribution in [2.75, 3.05) is 0 Å². The van der Waals surface area contributed by atoms with Crippen molar-refractivity contribution >= 4 is 23.7 Å². The lowest BCUT2D eigenvalue weighted by Crippen LogP contribution is -1.66. The fourth-order valence-electron chi connectivity index (χ4n) is 0.846. The Morgan fingerprint density at radius 3 is 3.20 bits per heavy atom. The second kappa shape index (κ2) is 2.02. The molecule has 0 saturated heterocycles. The highest BCUT2D eigenvalue weighted by molar-refractivity contribution is 7.80. The molecule has 0 radical (unpaired) electrons. The van der Waals surface area contributed by atoms with Crippen LogP contribution in [-0.2, 0) is 0 Å². The molecule has 3 heteroatoms. The molecule has 1 heterocycles. The Bertz CT molecular complexity index is 355. The van der Waals surface area contributed by atoms with E-state index in [9.17, 15) is 0 Å². The first kappa shape index (κ1) is 5.80. The average Bonchev–Trinajstić information content (AvgIpc) is 2.33. The molecule has 10 heavy (non-hydrogen) atoms. The van der Waals surface area contributed by atoms with Gasteiger partial charge in [0.1, 0.15) is 5.52 Å². The van der Waals surface area contributed by atoms with Crippen molar-refractivity contribution in [1.82, 2.24) is 4.98 Å². The van der Waals surface area contributed by atoms with Crippen LogP contribution in [0.4, 0.5) is 0 Å². The van der Waals surface area contributed by atoms with Gasteiger partial charge in [0, 0.05) is 4.90 Å². The SMILES string of the molecule is Sc1ccc2ocnc2c1. The first-order chi connectivity index (χ1) is 4.86. The van der Waals surface area contributed by atoms with Crippen molar-refractivity contribution in [2.45, 2.75) is 4.90 Å². The molecule has 0 aliphatic carbocycles. The lowest BCUT2D eigenvalue weighted by atomic mass is 10.3. The molecule has 0 aliphatic heterocycles. The van der Waals surface area contributed by atoms with E-state index in [-0.39, 0.29) is 0 Å². The van der Waals surface area contributed by atoms with Gasteiger partial charge in [-0.25, -0.2) is 4.98 Å². The number of oxazole rings is 1. The predicted molar refractivity (Wildman–Crippen MR) is 41.3 cm³/mol. The van der Waals surface area contributed by atoms with Crippen LogP contribution in [0.5, 0.6) is 0 Å². The molecule has 0 aliphatic rings. The molecule has 0 N–H and O–H groups in total. The molecule has 0 saturated carbocycles. The summed E-state index contributed by atoms with van der Waals surface area (Å²) in [5.74, 6) is 0. The van der Waals surface area contributed by atoms with Crippen LogP contribution < -0.4 is 0 Å². The van der Waals surface area contributed by atoms with Gasteiger partial charge in [-0.1, -0.05) is 0 Å². The molecule has 1 aromatic carbocycles. The Hall–Kier alpha value is -0.960. The van der Waals surface area contributed by atoms with Gasteiger partial charge < -0.3 is 4.42 Å². The maximum atomic E-state index is 5.03. The van der Waals surface area contributed by atoms with E-state index in [0.29, 0.717) is 0 Å². The smallest absolute Gasteiger partial charge is 0.181 e. The number of nitrogens with zero attached hydrogens (tertiary/aromatic N) is 1. The molecule has 50 valence electrons. The minimum absolute atomic E-state index is 0.804. The fourth-order valence-corrected chi connectivity index (χ4v) is 1.04.